The van der Waals surface area contributed by atoms with Crippen molar-refractivity contribution in [1.29, 1.82) is 5.26 Å². The van der Waals surface area contributed by atoms with Crippen LogP contribution in [0.5, 0.6) is 0 Å². The molecule has 0 saturated heterocycles. The molecule has 0 radical (unpaired) electrons. The fourth-order valence-electron chi connectivity index (χ4n) is 0.515. The smallest absolute Gasteiger partial charge is 0.0663 e. The minimum absolute atomic E-state index is 0.407. The minimum atomic E-state index is 0.407. The number of aliphatic imine (C=N–C) groups is 1. The van der Waals surface area contributed by atoms with Crippen LogP contribution in [0.3, 0.4) is 0 Å². The van der Waals surface area contributed by atoms with Crippen LogP contribution in [-0.2, 0) is 0 Å². The first-order valence-corrected chi connectivity index (χ1v) is 4.66. The SMILES string of the molecule is C=C(C=N/C=C\CC#N)SCC. The van der Waals surface area contributed by atoms with Crippen LogP contribution in [0.25, 0.3) is 0 Å². The Hall–Kier alpha value is -1.01. The monoisotopic (exact) mass is 180 g/mol. The average Bonchev–Trinajstić information content (AvgIpc) is 2.05. The zero-order valence-electron chi connectivity index (χ0n) is 7.16. The van der Waals surface area contributed by atoms with Crippen LogP contribution >= 0.6 is 11.8 Å². The van der Waals surface area contributed by atoms with Gasteiger partial charge in [-0.1, -0.05) is 19.6 Å². The molecule has 0 atom stereocenters. The summed E-state index contributed by atoms with van der Waals surface area (Å²) in [5.74, 6) is 1.01. The van der Waals surface area contributed by atoms with Crippen LogP contribution in [0, 0.1) is 11.3 Å². The Kier molecular flexibility index (Phi) is 7.41. The Balaban J connectivity index is 3.62. The number of hydrogen-bond acceptors (Lipinski definition) is 3. The highest BCUT2D eigenvalue weighted by atomic mass is 32.2. The predicted molar refractivity (Wildman–Crippen MR) is 55.1 cm³/mol. The molecule has 0 N–H and O–H groups in total. The molecule has 0 aliphatic carbocycles. The molecule has 64 valence electrons. The lowest BCUT2D eigenvalue weighted by molar-refractivity contribution is 1.34. The maximum Gasteiger partial charge on any atom is 0.0663 e. The molecule has 12 heavy (non-hydrogen) atoms. The zero-order valence-corrected chi connectivity index (χ0v) is 7.97. The number of nitrogens with zero attached hydrogens (tertiary/aromatic N) is 2. The normalized spacial score (nSPS) is 10.7. The van der Waals surface area contributed by atoms with E-state index >= 15 is 0 Å². The number of thioether (sulfide) groups is 1. The highest BCUT2D eigenvalue weighted by Crippen LogP contribution is 2.08. The first-order chi connectivity index (χ1) is 5.81. The molecular formula is C9H12N2S. The van der Waals surface area contributed by atoms with E-state index in [1.165, 1.54) is 0 Å². The molecular weight excluding hydrogens is 168 g/mol. The molecule has 0 bridgehead atoms. The number of hydrogen-bond donors (Lipinski definition) is 0. The summed E-state index contributed by atoms with van der Waals surface area (Å²) in [4.78, 5) is 4.89. The van der Waals surface area contributed by atoms with Gasteiger partial charge in [-0.2, -0.15) is 5.26 Å². The van der Waals surface area contributed by atoms with Crippen molar-refractivity contribution >= 4 is 18.0 Å². The quantitative estimate of drug-likeness (QED) is 0.610. The second-order valence-corrected chi connectivity index (χ2v) is 3.31. The molecule has 0 fully saturated rings. The maximum absolute atomic E-state index is 8.18. The van der Waals surface area contributed by atoms with Gasteiger partial charge in [0.25, 0.3) is 0 Å². The lowest BCUT2D eigenvalue weighted by atomic mass is 10.5. The minimum Gasteiger partial charge on any atom is -0.264 e. The summed E-state index contributed by atoms with van der Waals surface area (Å²) in [6, 6.07) is 1.99. The molecule has 0 spiro atoms. The largest absolute Gasteiger partial charge is 0.264 e. The summed E-state index contributed by atoms with van der Waals surface area (Å²) >= 11 is 1.65. The van der Waals surface area contributed by atoms with Gasteiger partial charge in [0.1, 0.15) is 0 Å². The molecule has 0 unspecified atom stereocenters. The third kappa shape index (κ3) is 7.10. The second-order valence-electron chi connectivity index (χ2n) is 1.92. The standard InChI is InChI=1S/C9H12N2S/c1-3-12-9(2)8-11-7-5-4-6-10/h5,7-8H,2-4H2,1H3/b7-5-,11-8?. The summed E-state index contributed by atoms with van der Waals surface area (Å²) in [6.07, 6.45) is 5.43. The van der Waals surface area contributed by atoms with Gasteiger partial charge >= 0.3 is 0 Å². The Morgan fingerprint density at radius 1 is 1.75 bits per heavy atom. The van der Waals surface area contributed by atoms with Gasteiger partial charge in [0.2, 0.25) is 0 Å². The molecule has 0 aromatic rings. The third-order valence-corrected chi connectivity index (χ3v) is 1.71. The van der Waals surface area contributed by atoms with Gasteiger partial charge in [-0.3, -0.25) is 4.99 Å². The van der Waals surface area contributed by atoms with E-state index in [0.717, 1.165) is 10.7 Å². The number of allylic oxidation sites excluding steroid dienone is 2. The van der Waals surface area contributed by atoms with E-state index < -0.39 is 0 Å². The van der Waals surface area contributed by atoms with Gasteiger partial charge in [0, 0.05) is 17.3 Å². The topological polar surface area (TPSA) is 36.1 Å². The number of nitriles is 1. The summed E-state index contributed by atoms with van der Waals surface area (Å²) in [6.45, 7) is 5.84. The molecule has 0 rings (SSSR count). The maximum atomic E-state index is 8.18. The third-order valence-electron chi connectivity index (χ3n) is 0.949. The van der Waals surface area contributed by atoms with E-state index in [0.29, 0.717) is 6.42 Å². The Morgan fingerprint density at radius 2 is 2.50 bits per heavy atom. The molecule has 0 amide bonds. The van der Waals surface area contributed by atoms with Gasteiger partial charge in [0.05, 0.1) is 12.5 Å². The molecule has 0 aromatic carbocycles. The molecule has 2 nitrogen and oxygen atoms in total. The van der Waals surface area contributed by atoms with Crippen LogP contribution in [0.15, 0.2) is 28.8 Å². The molecule has 0 aliphatic rings. The van der Waals surface area contributed by atoms with E-state index in [1.807, 2.05) is 6.07 Å². The lowest BCUT2D eigenvalue weighted by Gasteiger charge is -1.91. The van der Waals surface area contributed by atoms with Crippen molar-refractivity contribution in [1.82, 2.24) is 0 Å². The average molecular weight is 180 g/mol. The van der Waals surface area contributed by atoms with Crippen LogP contribution in [0.2, 0.25) is 0 Å². The van der Waals surface area contributed by atoms with Crippen molar-refractivity contribution in [2.75, 3.05) is 5.75 Å². The van der Waals surface area contributed by atoms with Crippen molar-refractivity contribution in [2.45, 2.75) is 13.3 Å². The molecule has 3 heteroatoms. The molecule has 0 aliphatic heterocycles. The van der Waals surface area contributed by atoms with Gasteiger partial charge in [0.15, 0.2) is 0 Å². The van der Waals surface area contributed by atoms with Crippen molar-refractivity contribution in [3.63, 3.8) is 0 Å². The highest BCUT2D eigenvalue weighted by molar-refractivity contribution is 8.03. The van der Waals surface area contributed by atoms with Crippen molar-refractivity contribution in [3.05, 3.63) is 23.8 Å². The second kappa shape index (κ2) is 8.09. The molecule has 0 aromatic heterocycles. The highest BCUT2D eigenvalue weighted by Gasteiger charge is 1.83. The van der Waals surface area contributed by atoms with Gasteiger partial charge in [-0.25, -0.2) is 0 Å². The Bertz CT molecular complexity index is 223. The first kappa shape index (κ1) is 11.0. The Labute approximate surface area is 77.7 Å². The Morgan fingerprint density at radius 3 is 3.08 bits per heavy atom. The zero-order chi connectivity index (χ0) is 9.23. The van der Waals surface area contributed by atoms with Gasteiger partial charge < -0.3 is 0 Å². The van der Waals surface area contributed by atoms with Crippen molar-refractivity contribution in [3.8, 4) is 6.07 Å². The summed E-state index contributed by atoms with van der Waals surface area (Å²) in [7, 11) is 0. The fraction of sp³-hybridized carbons (Fsp3) is 0.333. The number of rotatable bonds is 5. The van der Waals surface area contributed by atoms with Crippen molar-refractivity contribution < 1.29 is 0 Å². The van der Waals surface area contributed by atoms with Gasteiger partial charge in [-0.05, 0) is 5.75 Å². The van der Waals surface area contributed by atoms with Crippen molar-refractivity contribution in [2.24, 2.45) is 4.99 Å². The van der Waals surface area contributed by atoms with E-state index in [9.17, 15) is 0 Å². The summed E-state index contributed by atoms with van der Waals surface area (Å²) in [5.41, 5.74) is 0. The lowest BCUT2D eigenvalue weighted by Crippen LogP contribution is -1.75. The van der Waals surface area contributed by atoms with Gasteiger partial charge in [-0.15, -0.1) is 11.8 Å². The van der Waals surface area contributed by atoms with Crippen LogP contribution in [-0.4, -0.2) is 12.0 Å². The van der Waals surface area contributed by atoms with E-state index in [4.69, 9.17) is 5.26 Å². The van der Waals surface area contributed by atoms with E-state index in [2.05, 4.69) is 18.5 Å². The van der Waals surface area contributed by atoms with Crippen LogP contribution in [0.1, 0.15) is 13.3 Å². The van der Waals surface area contributed by atoms with Crippen LogP contribution < -0.4 is 0 Å². The first-order valence-electron chi connectivity index (χ1n) is 3.68. The predicted octanol–water partition coefficient (Wildman–Crippen LogP) is 2.75. The molecule has 0 heterocycles. The van der Waals surface area contributed by atoms with E-state index in [1.54, 1.807) is 30.3 Å². The molecule has 0 saturated carbocycles. The van der Waals surface area contributed by atoms with E-state index in [-0.39, 0.29) is 0 Å². The summed E-state index contributed by atoms with van der Waals surface area (Å²) < 4.78 is 0. The summed E-state index contributed by atoms with van der Waals surface area (Å²) in [5, 5.41) is 8.18. The fourth-order valence-corrected chi connectivity index (χ4v) is 1.02. The van der Waals surface area contributed by atoms with Crippen LogP contribution in [0.4, 0.5) is 0 Å².